The van der Waals surface area contributed by atoms with Crippen molar-refractivity contribution in [2.45, 2.75) is 17.9 Å². The Balaban J connectivity index is 2.03. The van der Waals surface area contributed by atoms with Crippen LogP contribution in [0.2, 0.25) is 0 Å². The van der Waals surface area contributed by atoms with Crippen molar-refractivity contribution in [2.75, 3.05) is 12.3 Å². The van der Waals surface area contributed by atoms with Crippen LogP contribution in [0.1, 0.15) is 6.92 Å². The van der Waals surface area contributed by atoms with E-state index in [2.05, 4.69) is 9.71 Å². The summed E-state index contributed by atoms with van der Waals surface area (Å²) >= 11 is 0. The van der Waals surface area contributed by atoms with Gasteiger partial charge in [-0.25, -0.2) is 22.5 Å². The molecule has 0 aliphatic carbocycles. The van der Waals surface area contributed by atoms with Crippen molar-refractivity contribution in [1.82, 2.24) is 9.71 Å². The topological polar surface area (TPSA) is 105 Å². The number of sulfonamides is 1. The fourth-order valence-electron chi connectivity index (χ4n) is 2.79. The summed E-state index contributed by atoms with van der Waals surface area (Å²) < 4.78 is 42.5. The van der Waals surface area contributed by atoms with Crippen LogP contribution in [0, 0.1) is 5.82 Å². The number of pyridine rings is 1. The van der Waals surface area contributed by atoms with Gasteiger partial charge in [0.1, 0.15) is 11.6 Å². The molecule has 0 saturated carbocycles. The molecule has 0 bridgehead atoms. The van der Waals surface area contributed by atoms with Crippen LogP contribution in [0.4, 0.5) is 10.2 Å². The number of nitrogen functional groups attached to an aromatic ring is 1. The largest absolute Gasteiger partial charge is 0.395 e. The lowest BCUT2D eigenvalue weighted by atomic mass is 10.0. The minimum atomic E-state index is -3.89. The van der Waals surface area contributed by atoms with E-state index < -0.39 is 21.9 Å². The van der Waals surface area contributed by atoms with Gasteiger partial charge in [-0.2, -0.15) is 0 Å². The van der Waals surface area contributed by atoms with Crippen LogP contribution in [0.25, 0.3) is 22.3 Å². The Morgan fingerprint density at radius 3 is 2.46 bits per heavy atom. The average molecular weight is 401 g/mol. The van der Waals surface area contributed by atoms with Crippen molar-refractivity contribution in [3.63, 3.8) is 0 Å². The van der Waals surface area contributed by atoms with E-state index in [1.807, 2.05) is 0 Å². The number of nitrogens with one attached hydrogen (secondary N) is 1. The third-order valence-electron chi connectivity index (χ3n) is 4.18. The van der Waals surface area contributed by atoms with Crippen molar-refractivity contribution in [2.24, 2.45) is 0 Å². The van der Waals surface area contributed by atoms with Crippen molar-refractivity contribution in [3.8, 4) is 22.3 Å². The summed E-state index contributed by atoms with van der Waals surface area (Å²) in [6.45, 7) is 1.22. The number of halogens is 1. The smallest absolute Gasteiger partial charge is 0.241 e. The summed E-state index contributed by atoms with van der Waals surface area (Å²) in [7, 11) is -3.89. The lowest BCUT2D eigenvalue weighted by Gasteiger charge is -2.15. The second kappa shape index (κ2) is 8.05. The van der Waals surface area contributed by atoms with Gasteiger partial charge in [0.15, 0.2) is 0 Å². The average Bonchev–Trinajstić information content (AvgIpc) is 2.68. The van der Waals surface area contributed by atoms with Crippen LogP contribution in [0.3, 0.4) is 0 Å². The van der Waals surface area contributed by atoms with Crippen molar-refractivity contribution < 1.29 is 17.9 Å². The summed E-state index contributed by atoms with van der Waals surface area (Å²) in [5.74, 6) is -0.169. The number of aromatic nitrogens is 1. The van der Waals surface area contributed by atoms with Gasteiger partial charge >= 0.3 is 0 Å². The molecule has 4 N–H and O–H groups in total. The molecule has 1 atom stereocenters. The zero-order valence-electron chi connectivity index (χ0n) is 15.1. The number of anilines is 1. The fraction of sp³-hybridized carbons (Fsp3) is 0.150. The second-order valence-corrected chi connectivity index (χ2v) is 8.05. The second-order valence-electron chi connectivity index (χ2n) is 6.37. The molecule has 0 aliphatic heterocycles. The molecule has 1 aromatic heterocycles. The third kappa shape index (κ3) is 4.19. The Hall–Kier alpha value is -2.81. The number of aliphatic hydroxyl groups is 1. The van der Waals surface area contributed by atoms with Crippen LogP contribution >= 0.6 is 0 Å². The summed E-state index contributed by atoms with van der Waals surface area (Å²) in [6.07, 6.45) is 1.48. The lowest BCUT2D eigenvalue weighted by Crippen LogP contribution is -2.35. The molecular weight excluding hydrogens is 381 g/mol. The molecule has 0 spiro atoms. The number of hydrogen-bond acceptors (Lipinski definition) is 5. The first-order chi connectivity index (χ1) is 13.3. The van der Waals surface area contributed by atoms with Gasteiger partial charge in [0.25, 0.3) is 0 Å². The van der Waals surface area contributed by atoms with E-state index in [-0.39, 0.29) is 11.5 Å². The SMILES string of the molecule is C[C@H](CO)NS(=O)(=O)c1ccccc1-c1ccc(-c2ccc(N)nc2)c(F)c1. The van der Waals surface area contributed by atoms with Crippen LogP contribution in [-0.4, -0.2) is 31.2 Å². The van der Waals surface area contributed by atoms with E-state index >= 15 is 0 Å². The predicted octanol–water partition coefficient (Wildman–Crippen LogP) is 2.80. The number of benzene rings is 2. The van der Waals surface area contributed by atoms with Gasteiger partial charge in [0, 0.05) is 28.9 Å². The van der Waals surface area contributed by atoms with Crippen molar-refractivity contribution >= 4 is 15.8 Å². The summed E-state index contributed by atoms with van der Waals surface area (Å²) in [5, 5.41) is 9.13. The normalized spacial score (nSPS) is 12.7. The monoisotopic (exact) mass is 401 g/mol. The van der Waals surface area contributed by atoms with E-state index in [0.29, 0.717) is 28.1 Å². The highest BCUT2D eigenvalue weighted by Crippen LogP contribution is 2.31. The molecule has 28 heavy (non-hydrogen) atoms. The predicted molar refractivity (Wildman–Crippen MR) is 106 cm³/mol. The van der Waals surface area contributed by atoms with E-state index in [9.17, 15) is 12.8 Å². The summed E-state index contributed by atoms with van der Waals surface area (Å²) in [5.41, 5.74) is 7.25. The highest BCUT2D eigenvalue weighted by atomic mass is 32.2. The van der Waals surface area contributed by atoms with Crippen molar-refractivity contribution in [1.29, 1.82) is 0 Å². The summed E-state index contributed by atoms with van der Waals surface area (Å²) in [6, 6.07) is 13.4. The maximum absolute atomic E-state index is 14.8. The van der Waals surface area contributed by atoms with Crippen LogP contribution in [0.15, 0.2) is 65.7 Å². The van der Waals surface area contributed by atoms with Gasteiger partial charge in [0.05, 0.1) is 11.5 Å². The zero-order valence-corrected chi connectivity index (χ0v) is 15.9. The van der Waals surface area contributed by atoms with E-state index in [4.69, 9.17) is 10.8 Å². The molecule has 8 heteroatoms. The number of nitrogens with two attached hydrogens (primary N) is 1. The van der Waals surface area contributed by atoms with Gasteiger partial charge in [-0.1, -0.05) is 30.3 Å². The van der Waals surface area contributed by atoms with Gasteiger partial charge in [-0.15, -0.1) is 0 Å². The third-order valence-corrected chi connectivity index (χ3v) is 5.83. The Bertz CT molecular complexity index is 1090. The van der Waals surface area contributed by atoms with Gasteiger partial charge in [-0.3, -0.25) is 0 Å². The highest BCUT2D eigenvalue weighted by Gasteiger charge is 2.21. The zero-order chi connectivity index (χ0) is 20.3. The van der Waals surface area contributed by atoms with E-state index in [1.165, 1.54) is 18.3 Å². The van der Waals surface area contributed by atoms with Crippen molar-refractivity contribution in [3.05, 3.63) is 66.6 Å². The lowest BCUT2D eigenvalue weighted by molar-refractivity contribution is 0.265. The molecule has 3 aromatic rings. The molecule has 0 radical (unpaired) electrons. The van der Waals surface area contributed by atoms with Crippen LogP contribution in [0.5, 0.6) is 0 Å². The standard InChI is InChI=1S/C20H20FN3O3S/c1-13(12-25)24-28(26,27)19-5-3-2-4-17(19)14-6-8-16(18(21)10-14)15-7-9-20(22)23-11-15/h2-11,13,24-25H,12H2,1H3,(H2,22,23)/t13-/m1/s1. The molecule has 1 heterocycles. The Morgan fingerprint density at radius 1 is 1.11 bits per heavy atom. The minimum Gasteiger partial charge on any atom is -0.395 e. The quantitative estimate of drug-likeness (QED) is 0.589. The molecule has 0 unspecified atom stereocenters. The van der Waals surface area contributed by atoms with Gasteiger partial charge < -0.3 is 10.8 Å². The maximum atomic E-state index is 14.8. The molecule has 2 aromatic carbocycles. The minimum absolute atomic E-state index is 0.0107. The number of aliphatic hydroxyl groups excluding tert-OH is 1. The number of hydrogen-bond donors (Lipinski definition) is 3. The maximum Gasteiger partial charge on any atom is 0.241 e. The first-order valence-electron chi connectivity index (χ1n) is 8.56. The fourth-order valence-corrected chi connectivity index (χ4v) is 4.25. The van der Waals surface area contributed by atoms with E-state index in [1.54, 1.807) is 49.4 Å². The molecule has 0 amide bonds. The number of rotatable bonds is 6. The van der Waals surface area contributed by atoms with Crippen LogP contribution < -0.4 is 10.5 Å². The Kier molecular flexibility index (Phi) is 5.73. The van der Waals surface area contributed by atoms with Gasteiger partial charge in [-0.05, 0) is 36.8 Å². The molecule has 0 aliphatic rings. The first-order valence-corrected chi connectivity index (χ1v) is 10.0. The molecule has 6 nitrogen and oxygen atoms in total. The highest BCUT2D eigenvalue weighted by molar-refractivity contribution is 7.89. The Morgan fingerprint density at radius 2 is 1.82 bits per heavy atom. The molecule has 146 valence electrons. The molecule has 3 rings (SSSR count). The molecular formula is C20H20FN3O3S. The number of nitrogens with zero attached hydrogens (tertiary/aromatic N) is 1. The van der Waals surface area contributed by atoms with E-state index in [0.717, 1.165) is 0 Å². The summed E-state index contributed by atoms with van der Waals surface area (Å²) in [4.78, 5) is 3.97. The first kappa shape index (κ1) is 19.9. The molecule has 0 fully saturated rings. The van der Waals surface area contributed by atoms with Crippen LogP contribution in [-0.2, 0) is 10.0 Å². The Labute approximate surface area is 162 Å². The molecule has 0 saturated heterocycles. The van der Waals surface area contributed by atoms with Gasteiger partial charge in [0.2, 0.25) is 10.0 Å².